The van der Waals surface area contributed by atoms with Crippen molar-refractivity contribution < 1.29 is 18.0 Å². The molecule has 2 heterocycles. The van der Waals surface area contributed by atoms with Gasteiger partial charge in [0.05, 0.1) is 22.9 Å². The largest absolute Gasteiger partial charge is 0.393 e. The summed E-state index contributed by atoms with van der Waals surface area (Å²) in [4.78, 5) is 14.0. The van der Waals surface area contributed by atoms with Crippen LogP contribution >= 0.6 is 11.6 Å². The third kappa shape index (κ3) is 3.51. The van der Waals surface area contributed by atoms with E-state index in [1.54, 1.807) is 19.1 Å². The van der Waals surface area contributed by atoms with Crippen molar-refractivity contribution in [1.82, 2.24) is 14.7 Å². The van der Waals surface area contributed by atoms with E-state index in [1.807, 2.05) is 18.2 Å². The van der Waals surface area contributed by atoms with Crippen LogP contribution in [0.1, 0.15) is 28.9 Å². The Kier molecular flexibility index (Phi) is 4.77. The predicted octanol–water partition coefficient (Wildman–Crippen LogP) is 4.25. The van der Waals surface area contributed by atoms with Gasteiger partial charge in [0.15, 0.2) is 0 Å². The Bertz CT molecular complexity index is 773. The van der Waals surface area contributed by atoms with E-state index in [0.717, 1.165) is 0 Å². The number of halogens is 4. The summed E-state index contributed by atoms with van der Waals surface area (Å²) in [5.74, 6) is -1.99. The van der Waals surface area contributed by atoms with E-state index in [9.17, 15) is 18.0 Å². The van der Waals surface area contributed by atoms with Crippen LogP contribution in [0.15, 0.2) is 30.3 Å². The highest BCUT2D eigenvalue weighted by Crippen LogP contribution is 2.34. The number of hydrogen-bond acceptors (Lipinski definition) is 2. The molecule has 1 fully saturated rings. The molecule has 0 N–H and O–H groups in total. The van der Waals surface area contributed by atoms with Crippen molar-refractivity contribution in [3.05, 3.63) is 46.7 Å². The average molecular weight is 372 g/mol. The van der Waals surface area contributed by atoms with Crippen molar-refractivity contribution in [3.63, 3.8) is 0 Å². The molecule has 1 amide bonds. The quantitative estimate of drug-likeness (QED) is 0.791. The summed E-state index contributed by atoms with van der Waals surface area (Å²) in [6.45, 7) is 1.58. The molecular formula is C17H17ClF3N3O. The molecule has 1 aliphatic heterocycles. The number of likely N-dealkylation sites (tertiary alicyclic amines) is 1. The van der Waals surface area contributed by atoms with Crippen LogP contribution in [-0.4, -0.2) is 39.9 Å². The number of carbonyl (C=O) groups is 1. The molecule has 134 valence electrons. The highest BCUT2D eigenvalue weighted by molar-refractivity contribution is 6.33. The lowest BCUT2D eigenvalue weighted by Crippen LogP contribution is -2.44. The molecular weight excluding hydrogens is 355 g/mol. The van der Waals surface area contributed by atoms with Gasteiger partial charge in [-0.05, 0) is 31.9 Å². The van der Waals surface area contributed by atoms with Crippen molar-refractivity contribution in [2.75, 3.05) is 13.1 Å². The second-order valence-electron chi connectivity index (χ2n) is 6.13. The first-order valence-corrected chi connectivity index (χ1v) is 8.33. The van der Waals surface area contributed by atoms with Crippen LogP contribution < -0.4 is 0 Å². The lowest BCUT2D eigenvalue weighted by atomic mass is 9.97. The van der Waals surface area contributed by atoms with Gasteiger partial charge in [0.25, 0.3) is 5.91 Å². The summed E-state index contributed by atoms with van der Waals surface area (Å²) >= 11 is 6.34. The molecule has 1 aromatic heterocycles. The Balaban J connectivity index is 1.89. The van der Waals surface area contributed by atoms with Crippen molar-refractivity contribution >= 4 is 17.5 Å². The molecule has 0 aliphatic carbocycles. The molecule has 0 radical (unpaired) electrons. The zero-order valence-electron chi connectivity index (χ0n) is 13.6. The molecule has 4 nitrogen and oxygen atoms in total. The molecule has 1 saturated heterocycles. The van der Waals surface area contributed by atoms with Gasteiger partial charge in [-0.3, -0.25) is 4.79 Å². The van der Waals surface area contributed by atoms with Gasteiger partial charge >= 0.3 is 6.18 Å². The van der Waals surface area contributed by atoms with Crippen molar-refractivity contribution in [1.29, 1.82) is 0 Å². The highest BCUT2D eigenvalue weighted by atomic mass is 35.5. The fourth-order valence-corrected chi connectivity index (χ4v) is 3.42. The zero-order valence-corrected chi connectivity index (χ0v) is 14.3. The molecule has 1 aromatic carbocycles. The maximum atomic E-state index is 13.0. The summed E-state index contributed by atoms with van der Waals surface area (Å²) in [6.07, 6.45) is -3.94. The Hall–Kier alpha value is -2.02. The Morgan fingerprint density at radius 3 is 2.60 bits per heavy atom. The number of rotatable bonds is 2. The second-order valence-corrected chi connectivity index (χ2v) is 6.49. The SMILES string of the molecule is Cc1nn(-c2ccccc2)c(Cl)c1C(=O)N1CCC[C@H](C(F)(F)F)C1. The van der Waals surface area contributed by atoms with E-state index in [0.29, 0.717) is 17.8 Å². The van der Waals surface area contributed by atoms with E-state index in [4.69, 9.17) is 11.6 Å². The van der Waals surface area contributed by atoms with E-state index in [1.165, 1.54) is 9.58 Å². The van der Waals surface area contributed by atoms with Gasteiger partial charge in [-0.2, -0.15) is 18.3 Å². The summed E-state index contributed by atoms with van der Waals surface area (Å²) < 4.78 is 40.4. The fourth-order valence-electron chi connectivity index (χ4n) is 3.07. The Morgan fingerprint density at radius 2 is 1.96 bits per heavy atom. The predicted molar refractivity (Wildman–Crippen MR) is 88.0 cm³/mol. The van der Waals surface area contributed by atoms with E-state index in [2.05, 4.69) is 5.10 Å². The normalized spacial score (nSPS) is 18.4. The number of aromatic nitrogens is 2. The summed E-state index contributed by atoms with van der Waals surface area (Å²) in [7, 11) is 0. The van der Waals surface area contributed by atoms with Crippen LogP contribution in [-0.2, 0) is 0 Å². The Morgan fingerprint density at radius 1 is 1.28 bits per heavy atom. The average Bonchev–Trinajstić information content (AvgIpc) is 2.89. The summed E-state index contributed by atoms with van der Waals surface area (Å²) in [6, 6.07) is 9.02. The lowest BCUT2D eigenvalue weighted by Gasteiger charge is -2.33. The molecule has 3 rings (SSSR count). The third-order valence-electron chi connectivity index (χ3n) is 4.39. The number of carbonyl (C=O) groups excluding carboxylic acids is 1. The summed E-state index contributed by atoms with van der Waals surface area (Å²) in [5, 5.41) is 4.39. The highest BCUT2D eigenvalue weighted by Gasteiger charge is 2.43. The van der Waals surface area contributed by atoms with E-state index in [-0.39, 0.29) is 30.2 Å². The minimum Gasteiger partial charge on any atom is -0.338 e. The number of aryl methyl sites for hydroxylation is 1. The van der Waals surface area contributed by atoms with Gasteiger partial charge in [-0.15, -0.1) is 0 Å². The lowest BCUT2D eigenvalue weighted by molar-refractivity contribution is -0.184. The van der Waals surface area contributed by atoms with Gasteiger partial charge in [-0.25, -0.2) is 4.68 Å². The number of hydrogen-bond donors (Lipinski definition) is 0. The number of para-hydroxylation sites is 1. The number of benzene rings is 1. The molecule has 1 aliphatic rings. The minimum atomic E-state index is -4.30. The topological polar surface area (TPSA) is 38.1 Å². The van der Waals surface area contributed by atoms with Crippen molar-refractivity contribution in [3.8, 4) is 5.69 Å². The smallest absolute Gasteiger partial charge is 0.338 e. The second kappa shape index (κ2) is 6.71. The minimum absolute atomic E-state index is 0.0449. The molecule has 1 atom stereocenters. The fraction of sp³-hybridized carbons (Fsp3) is 0.412. The van der Waals surface area contributed by atoms with Crippen molar-refractivity contribution in [2.45, 2.75) is 25.9 Å². The molecule has 0 unspecified atom stereocenters. The first-order valence-electron chi connectivity index (χ1n) is 7.95. The van der Waals surface area contributed by atoms with Gasteiger partial charge in [0.1, 0.15) is 5.15 Å². The summed E-state index contributed by atoms with van der Waals surface area (Å²) in [5.41, 5.74) is 1.24. The van der Waals surface area contributed by atoms with Crippen LogP contribution in [0, 0.1) is 12.8 Å². The molecule has 8 heteroatoms. The van der Waals surface area contributed by atoms with Crippen LogP contribution in [0.4, 0.5) is 13.2 Å². The van der Waals surface area contributed by atoms with Crippen molar-refractivity contribution in [2.24, 2.45) is 5.92 Å². The standard InChI is InChI=1S/C17H17ClF3N3O/c1-11-14(15(18)24(22-11)13-7-3-2-4-8-13)16(25)23-9-5-6-12(10-23)17(19,20)21/h2-4,7-8,12H,5-6,9-10H2,1H3/t12-/m0/s1. The number of nitrogens with zero attached hydrogens (tertiary/aromatic N) is 3. The first kappa shape index (κ1) is 17.8. The van der Waals surface area contributed by atoms with E-state index >= 15 is 0 Å². The Labute approximate surface area is 148 Å². The maximum absolute atomic E-state index is 13.0. The third-order valence-corrected chi connectivity index (χ3v) is 4.74. The molecule has 0 saturated carbocycles. The van der Waals surface area contributed by atoms with Crippen LogP contribution in [0.3, 0.4) is 0 Å². The zero-order chi connectivity index (χ0) is 18.2. The number of alkyl halides is 3. The van der Waals surface area contributed by atoms with E-state index < -0.39 is 18.0 Å². The van der Waals surface area contributed by atoms with Gasteiger partial charge in [0, 0.05) is 13.1 Å². The van der Waals surface area contributed by atoms with Gasteiger partial charge < -0.3 is 4.90 Å². The maximum Gasteiger partial charge on any atom is 0.393 e. The molecule has 2 aromatic rings. The first-order chi connectivity index (χ1) is 11.8. The number of piperidine rings is 1. The van der Waals surface area contributed by atoms with Gasteiger partial charge in [0.2, 0.25) is 0 Å². The van der Waals surface area contributed by atoms with Crippen LogP contribution in [0.2, 0.25) is 5.15 Å². The molecule has 0 spiro atoms. The molecule has 25 heavy (non-hydrogen) atoms. The number of amides is 1. The molecule has 0 bridgehead atoms. The monoisotopic (exact) mass is 371 g/mol. The van der Waals surface area contributed by atoms with Crippen LogP contribution in [0.25, 0.3) is 5.69 Å². The van der Waals surface area contributed by atoms with Gasteiger partial charge in [-0.1, -0.05) is 29.8 Å². The van der Waals surface area contributed by atoms with Crippen LogP contribution in [0.5, 0.6) is 0 Å².